The van der Waals surface area contributed by atoms with Crippen molar-refractivity contribution in [3.05, 3.63) is 128 Å². The molecule has 1 aromatic heterocycles. The number of benzene rings is 3. The summed E-state index contributed by atoms with van der Waals surface area (Å²) in [5.41, 5.74) is 0.241. The smallest absolute Gasteiger partial charge is 0.328 e. The lowest BCUT2D eigenvalue weighted by Crippen LogP contribution is -2.39. The van der Waals surface area contributed by atoms with E-state index >= 15 is 4.39 Å². The number of hydrogen-bond donors (Lipinski definition) is 2. The van der Waals surface area contributed by atoms with Gasteiger partial charge in [0.05, 0.1) is 33.0 Å². The fourth-order valence-corrected chi connectivity index (χ4v) is 5.65. The van der Waals surface area contributed by atoms with Crippen molar-refractivity contribution in [2.75, 3.05) is 20.8 Å². The van der Waals surface area contributed by atoms with Gasteiger partial charge in [-0.25, -0.2) is 9.18 Å². The van der Waals surface area contributed by atoms with Crippen LogP contribution in [0.15, 0.2) is 94.6 Å². The number of hydrogen-bond acceptors (Lipinski definition) is 6. The van der Waals surface area contributed by atoms with E-state index in [1.54, 1.807) is 21.1 Å². The molecule has 214 valence electrons. The Labute approximate surface area is 237 Å². The van der Waals surface area contributed by atoms with Gasteiger partial charge in [-0.15, -0.1) is 0 Å². The summed E-state index contributed by atoms with van der Waals surface area (Å²) < 4.78 is 34.8. The van der Waals surface area contributed by atoms with E-state index in [0.29, 0.717) is 11.5 Å². The van der Waals surface area contributed by atoms with Crippen LogP contribution < -0.4 is 20.7 Å². The van der Waals surface area contributed by atoms with Crippen LogP contribution in [-0.4, -0.2) is 47.8 Å². The summed E-state index contributed by atoms with van der Waals surface area (Å²) in [6.07, 6.45) is -1.33. The molecule has 9 heteroatoms. The van der Waals surface area contributed by atoms with Crippen LogP contribution in [0.25, 0.3) is 0 Å². The van der Waals surface area contributed by atoms with Crippen molar-refractivity contribution in [3.8, 4) is 11.5 Å². The molecule has 0 radical (unpaired) electrons. The minimum atomic E-state index is -1.60. The number of aromatic amines is 1. The molecule has 1 aliphatic carbocycles. The summed E-state index contributed by atoms with van der Waals surface area (Å²) in [5, 5.41) is 11.0. The first kappa shape index (κ1) is 28.3. The molecule has 2 N–H and O–H groups in total. The number of nitrogens with zero attached hydrogens (tertiary/aromatic N) is 1. The summed E-state index contributed by atoms with van der Waals surface area (Å²) in [6.45, 7) is 1.40. The average Bonchev–Trinajstić information content (AvgIpc) is 3.28. The van der Waals surface area contributed by atoms with Crippen LogP contribution >= 0.6 is 0 Å². The van der Waals surface area contributed by atoms with Crippen LogP contribution in [0.4, 0.5) is 4.39 Å². The Bertz CT molecular complexity index is 1540. The quantitative estimate of drug-likeness (QED) is 0.299. The highest BCUT2D eigenvalue weighted by Gasteiger charge is 2.47. The van der Waals surface area contributed by atoms with Gasteiger partial charge in [0.1, 0.15) is 23.3 Å². The first-order chi connectivity index (χ1) is 19.8. The normalized spacial score (nSPS) is 20.6. The van der Waals surface area contributed by atoms with Crippen LogP contribution in [-0.2, 0) is 10.3 Å². The van der Waals surface area contributed by atoms with E-state index in [2.05, 4.69) is 4.98 Å². The zero-order valence-corrected chi connectivity index (χ0v) is 23.1. The molecule has 0 aliphatic heterocycles. The van der Waals surface area contributed by atoms with E-state index in [-0.39, 0.29) is 18.6 Å². The van der Waals surface area contributed by atoms with Gasteiger partial charge in [0.2, 0.25) is 0 Å². The summed E-state index contributed by atoms with van der Waals surface area (Å²) in [6, 6.07) is 23.6. The highest BCUT2D eigenvalue weighted by atomic mass is 19.1. The van der Waals surface area contributed by atoms with Crippen molar-refractivity contribution in [1.29, 1.82) is 0 Å². The molecule has 1 heterocycles. The lowest BCUT2D eigenvalue weighted by Gasteiger charge is -2.37. The number of alkyl halides is 1. The molecule has 4 aromatic rings. The van der Waals surface area contributed by atoms with Gasteiger partial charge in [0.15, 0.2) is 0 Å². The molecule has 1 saturated carbocycles. The second-order valence-electron chi connectivity index (χ2n) is 10.3. The zero-order valence-electron chi connectivity index (χ0n) is 23.1. The third-order valence-electron chi connectivity index (χ3n) is 7.92. The van der Waals surface area contributed by atoms with Gasteiger partial charge < -0.3 is 19.3 Å². The van der Waals surface area contributed by atoms with Gasteiger partial charge in [0, 0.05) is 17.7 Å². The minimum Gasteiger partial charge on any atom is -0.497 e. The Balaban J connectivity index is 1.57. The molecule has 41 heavy (non-hydrogen) atoms. The lowest BCUT2D eigenvalue weighted by atomic mass is 9.79. The van der Waals surface area contributed by atoms with Crippen molar-refractivity contribution < 1.29 is 23.7 Å². The number of halogens is 1. The van der Waals surface area contributed by atoms with E-state index < -0.39 is 41.1 Å². The predicted molar refractivity (Wildman–Crippen MR) is 152 cm³/mol. The van der Waals surface area contributed by atoms with Gasteiger partial charge in [-0.05, 0) is 54.3 Å². The van der Waals surface area contributed by atoms with Gasteiger partial charge in [-0.1, -0.05) is 54.6 Å². The monoisotopic (exact) mass is 560 g/mol. The van der Waals surface area contributed by atoms with Crippen LogP contribution in [0.3, 0.4) is 0 Å². The average molecular weight is 561 g/mol. The number of nitrogens with one attached hydrogen (secondary N) is 1. The largest absolute Gasteiger partial charge is 0.497 e. The van der Waals surface area contributed by atoms with E-state index in [0.717, 1.165) is 16.7 Å². The zero-order chi connectivity index (χ0) is 29.1. The summed E-state index contributed by atoms with van der Waals surface area (Å²) in [5.74, 6) is 0.411. The molecule has 5 rings (SSSR count). The molecular formula is C32H33FN2O6. The third kappa shape index (κ3) is 5.30. The Kier molecular flexibility index (Phi) is 8.10. The van der Waals surface area contributed by atoms with E-state index in [9.17, 15) is 14.7 Å². The number of aromatic nitrogens is 2. The highest BCUT2D eigenvalue weighted by Crippen LogP contribution is 2.44. The molecule has 0 saturated heterocycles. The van der Waals surface area contributed by atoms with Gasteiger partial charge in [-0.3, -0.25) is 14.3 Å². The third-order valence-corrected chi connectivity index (χ3v) is 7.92. The molecule has 0 spiro atoms. The predicted octanol–water partition coefficient (Wildman–Crippen LogP) is 4.13. The van der Waals surface area contributed by atoms with Gasteiger partial charge >= 0.3 is 5.69 Å². The molecule has 3 aromatic carbocycles. The molecule has 0 amide bonds. The van der Waals surface area contributed by atoms with Crippen molar-refractivity contribution in [3.63, 3.8) is 0 Å². The van der Waals surface area contributed by atoms with Crippen LogP contribution in [0.2, 0.25) is 0 Å². The maximum Gasteiger partial charge on any atom is 0.328 e. The van der Waals surface area contributed by atoms with Crippen LogP contribution in [0.1, 0.15) is 34.7 Å². The number of aliphatic hydroxyl groups excluding tert-OH is 1. The van der Waals surface area contributed by atoms with E-state index in [1.165, 1.54) is 10.8 Å². The summed E-state index contributed by atoms with van der Waals surface area (Å²) >= 11 is 0. The second-order valence-corrected chi connectivity index (χ2v) is 10.3. The fourth-order valence-electron chi connectivity index (χ4n) is 5.65. The van der Waals surface area contributed by atoms with Crippen LogP contribution in [0.5, 0.6) is 11.5 Å². The van der Waals surface area contributed by atoms with Gasteiger partial charge in [0.25, 0.3) is 5.56 Å². The van der Waals surface area contributed by atoms with E-state index in [4.69, 9.17) is 14.2 Å². The first-order valence-electron chi connectivity index (χ1n) is 13.4. The Morgan fingerprint density at radius 2 is 1.44 bits per heavy atom. The lowest BCUT2D eigenvalue weighted by molar-refractivity contribution is -0.0438. The Hall–Kier alpha value is -4.21. The standard InChI is InChI=1S/C32H33FN2O6/c1-20-18-35(31(38)34-30(20)37)27-17-28(36)26(29(27)33)19-41-32(21-7-5-4-6-8-21,22-9-13-24(39-2)14-10-22)23-11-15-25(40-3)16-12-23/h4-16,18,26-29,36H,17,19H2,1-3H3,(H,34,37,38)/t26-,27+,28+,29+/m1/s1. The fraction of sp³-hybridized carbons (Fsp3) is 0.312. The van der Waals surface area contributed by atoms with Crippen LogP contribution in [0, 0.1) is 12.8 Å². The second kappa shape index (κ2) is 11.7. The Morgan fingerprint density at radius 1 is 0.902 bits per heavy atom. The highest BCUT2D eigenvalue weighted by molar-refractivity contribution is 5.49. The first-order valence-corrected chi connectivity index (χ1v) is 13.4. The number of aryl methyl sites for hydroxylation is 1. The van der Waals surface area contributed by atoms with Crippen molar-refractivity contribution in [2.45, 2.75) is 37.3 Å². The number of ether oxygens (including phenoxy) is 3. The van der Waals surface area contributed by atoms with Crippen molar-refractivity contribution in [2.24, 2.45) is 5.92 Å². The molecule has 8 nitrogen and oxygen atoms in total. The van der Waals surface area contributed by atoms with E-state index in [1.807, 2.05) is 78.9 Å². The van der Waals surface area contributed by atoms with Crippen molar-refractivity contribution in [1.82, 2.24) is 9.55 Å². The molecule has 4 atom stereocenters. The molecular weight excluding hydrogens is 527 g/mol. The number of H-pyrrole nitrogens is 1. The Morgan fingerprint density at radius 3 is 1.98 bits per heavy atom. The maximum absolute atomic E-state index is 16.1. The number of methoxy groups -OCH3 is 2. The maximum atomic E-state index is 16.1. The molecule has 0 bridgehead atoms. The molecule has 1 fully saturated rings. The SMILES string of the molecule is COc1ccc(C(OC[C@H]2[C@H](F)[C@@H](n3cc(C)c(=O)[nH]c3=O)C[C@@H]2O)(c2ccccc2)c2ccc(OC)cc2)cc1. The van der Waals surface area contributed by atoms with Gasteiger partial charge in [-0.2, -0.15) is 0 Å². The van der Waals surface area contributed by atoms with Crippen molar-refractivity contribution >= 4 is 0 Å². The molecule has 0 unspecified atom stereocenters. The number of aliphatic hydroxyl groups is 1. The minimum absolute atomic E-state index is 0.00396. The number of rotatable bonds is 9. The summed E-state index contributed by atoms with van der Waals surface area (Å²) in [7, 11) is 3.18. The summed E-state index contributed by atoms with van der Waals surface area (Å²) in [4.78, 5) is 26.6. The topological polar surface area (TPSA) is 103 Å². The molecule has 1 aliphatic rings.